The molecule has 4 rings (SSSR count). The van der Waals surface area contributed by atoms with Crippen molar-refractivity contribution in [2.45, 2.75) is 65.7 Å². The lowest BCUT2D eigenvalue weighted by molar-refractivity contribution is 0.0968. The van der Waals surface area contributed by atoms with E-state index in [-0.39, 0.29) is 18.2 Å². The molecule has 0 radical (unpaired) electrons. The third-order valence-corrected chi connectivity index (χ3v) is 6.91. The average molecular weight is 409 g/mol. The van der Waals surface area contributed by atoms with E-state index in [1.54, 1.807) is 6.07 Å². The van der Waals surface area contributed by atoms with Gasteiger partial charge in [-0.2, -0.15) is 0 Å². The molecule has 158 valence electrons. The average Bonchev–Trinajstić information content (AvgIpc) is 3.37. The van der Waals surface area contributed by atoms with Crippen molar-refractivity contribution in [2.24, 2.45) is 16.7 Å². The monoisotopic (exact) mass is 408 g/mol. The molecule has 1 aromatic rings. The number of halogens is 2. The van der Waals surface area contributed by atoms with E-state index < -0.39 is 0 Å². The third kappa shape index (κ3) is 5.21. The van der Waals surface area contributed by atoms with Crippen LogP contribution in [-0.2, 0) is 0 Å². The van der Waals surface area contributed by atoms with Gasteiger partial charge < -0.3 is 4.90 Å². The minimum absolute atomic E-state index is 0. The van der Waals surface area contributed by atoms with E-state index in [2.05, 4.69) is 43.6 Å². The summed E-state index contributed by atoms with van der Waals surface area (Å²) in [7, 11) is 0. The van der Waals surface area contributed by atoms with E-state index in [9.17, 15) is 4.39 Å². The molecule has 4 heteroatoms. The Morgan fingerprint density at radius 1 is 0.964 bits per heavy atom. The Morgan fingerprint density at radius 3 is 2.14 bits per heavy atom. The van der Waals surface area contributed by atoms with E-state index in [1.165, 1.54) is 37.1 Å². The van der Waals surface area contributed by atoms with Gasteiger partial charge in [0.25, 0.3) is 0 Å². The van der Waals surface area contributed by atoms with Crippen molar-refractivity contribution < 1.29 is 4.39 Å². The summed E-state index contributed by atoms with van der Waals surface area (Å²) in [4.78, 5) is 5.15. The maximum Gasteiger partial charge on any atom is 0.123 e. The fourth-order valence-corrected chi connectivity index (χ4v) is 6.04. The number of nitrogens with zero attached hydrogens (tertiary/aromatic N) is 2. The number of benzene rings is 1. The molecule has 1 heterocycles. The van der Waals surface area contributed by atoms with Crippen molar-refractivity contribution in [3.8, 4) is 0 Å². The summed E-state index contributed by atoms with van der Waals surface area (Å²) in [5, 5.41) is 0. The van der Waals surface area contributed by atoms with Crippen molar-refractivity contribution in [3.05, 3.63) is 29.6 Å². The molecule has 0 spiro atoms. The van der Waals surface area contributed by atoms with Gasteiger partial charge in [-0.1, -0.05) is 27.7 Å². The molecule has 2 aliphatic carbocycles. The zero-order chi connectivity index (χ0) is 19.2. The molecule has 0 unspecified atom stereocenters. The van der Waals surface area contributed by atoms with E-state index >= 15 is 0 Å². The zero-order valence-electron chi connectivity index (χ0n) is 18.1. The van der Waals surface area contributed by atoms with E-state index in [0.717, 1.165) is 44.9 Å². The van der Waals surface area contributed by atoms with Crippen LogP contribution in [0.5, 0.6) is 0 Å². The highest BCUT2D eigenvalue weighted by atomic mass is 35.5. The van der Waals surface area contributed by atoms with Crippen molar-refractivity contribution >= 4 is 18.1 Å². The van der Waals surface area contributed by atoms with Crippen LogP contribution in [0.1, 0.15) is 71.3 Å². The van der Waals surface area contributed by atoms with Gasteiger partial charge in [0.2, 0.25) is 0 Å². The largest absolute Gasteiger partial charge is 0.369 e. The molecule has 3 aliphatic rings. The van der Waals surface area contributed by atoms with Gasteiger partial charge in [0.15, 0.2) is 0 Å². The molecule has 3 fully saturated rings. The first-order valence-corrected chi connectivity index (χ1v) is 11.0. The van der Waals surface area contributed by atoms with Gasteiger partial charge in [-0.15, -0.1) is 12.4 Å². The molecule has 0 aromatic heterocycles. The second-order valence-electron chi connectivity index (χ2n) is 11.0. The Kier molecular flexibility index (Phi) is 6.37. The van der Waals surface area contributed by atoms with Crippen molar-refractivity contribution in [3.63, 3.8) is 0 Å². The number of piperazine rings is 1. The number of rotatable bonds is 4. The molecule has 0 N–H and O–H groups in total. The van der Waals surface area contributed by atoms with E-state index in [0.29, 0.717) is 16.7 Å². The lowest BCUT2D eigenvalue weighted by atomic mass is 9.60. The quantitative estimate of drug-likeness (QED) is 0.593. The molecular weight excluding hydrogens is 371 g/mol. The molecule has 0 amide bonds. The summed E-state index contributed by atoms with van der Waals surface area (Å²) >= 11 is 0. The molecule has 0 atom stereocenters. The normalized spacial score (nSPS) is 25.4. The Bertz CT molecular complexity index is 659. The summed E-state index contributed by atoms with van der Waals surface area (Å²) in [6.45, 7) is 15.3. The Hall–Kier alpha value is -0.800. The Morgan fingerprint density at radius 2 is 1.57 bits per heavy atom. The Labute approximate surface area is 177 Å². The molecule has 1 aromatic carbocycles. The van der Waals surface area contributed by atoms with Gasteiger partial charge in [0.05, 0.1) is 0 Å². The topological polar surface area (TPSA) is 6.48 Å². The van der Waals surface area contributed by atoms with Crippen LogP contribution in [0.4, 0.5) is 10.1 Å². The van der Waals surface area contributed by atoms with Crippen LogP contribution >= 0.6 is 12.4 Å². The molecule has 28 heavy (non-hydrogen) atoms. The number of hydrogen-bond acceptors (Lipinski definition) is 2. The summed E-state index contributed by atoms with van der Waals surface area (Å²) in [6, 6.07) is 5.55. The van der Waals surface area contributed by atoms with Crippen LogP contribution in [0.3, 0.4) is 0 Å². The van der Waals surface area contributed by atoms with Crippen LogP contribution < -0.4 is 4.90 Å². The fraction of sp³-hybridized carbons (Fsp3) is 0.750. The second-order valence-corrected chi connectivity index (χ2v) is 11.0. The van der Waals surface area contributed by atoms with Gasteiger partial charge in [-0.3, -0.25) is 4.90 Å². The first kappa shape index (κ1) is 21.9. The molecule has 2 saturated carbocycles. The summed E-state index contributed by atoms with van der Waals surface area (Å²) < 4.78 is 14.2. The fourth-order valence-electron chi connectivity index (χ4n) is 6.04. The minimum Gasteiger partial charge on any atom is -0.369 e. The first-order valence-electron chi connectivity index (χ1n) is 11.0. The van der Waals surface area contributed by atoms with Crippen LogP contribution in [0.2, 0.25) is 0 Å². The van der Waals surface area contributed by atoms with Crippen LogP contribution in [0.25, 0.3) is 0 Å². The highest BCUT2D eigenvalue weighted by Gasteiger charge is 2.40. The van der Waals surface area contributed by atoms with Gasteiger partial charge in [0, 0.05) is 38.4 Å². The Balaban J connectivity index is 0.00000225. The maximum absolute atomic E-state index is 14.2. The highest BCUT2D eigenvalue weighted by molar-refractivity contribution is 5.85. The lowest BCUT2D eigenvalue weighted by Crippen LogP contribution is -2.47. The van der Waals surface area contributed by atoms with Crippen LogP contribution in [0.15, 0.2) is 18.2 Å². The smallest absolute Gasteiger partial charge is 0.123 e. The summed E-state index contributed by atoms with van der Waals surface area (Å²) in [6.07, 6.45) is 6.43. The summed E-state index contributed by atoms with van der Waals surface area (Å²) in [5.41, 5.74) is 3.19. The van der Waals surface area contributed by atoms with Gasteiger partial charge >= 0.3 is 0 Å². The number of hydrogen-bond donors (Lipinski definition) is 0. The van der Waals surface area contributed by atoms with E-state index in [4.69, 9.17) is 0 Å². The second kappa shape index (κ2) is 8.14. The van der Waals surface area contributed by atoms with Gasteiger partial charge in [0.1, 0.15) is 5.82 Å². The highest BCUT2D eigenvalue weighted by Crippen LogP contribution is 2.53. The standard InChI is InChI=1S/C24H37FN2.ClH/c1-23(2)14-19(15-24(3,4)17-23)21-13-20(25)7-8-22(21)27-11-9-26(10-12-27)16-18-5-6-18;/h7-8,13,18-19H,5-6,9-12,14-17H2,1-4H3;1H. The molecule has 2 nitrogen and oxygen atoms in total. The predicted molar refractivity (Wildman–Crippen MR) is 119 cm³/mol. The molecule has 1 saturated heterocycles. The number of anilines is 1. The van der Waals surface area contributed by atoms with Gasteiger partial charge in [-0.05, 0) is 78.5 Å². The van der Waals surface area contributed by atoms with E-state index in [1.807, 2.05) is 6.07 Å². The maximum atomic E-state index is 14.2. The lowest BCUT2D eigenvalue weighted by Gasteiger charge is -2.46. The van der Waals surface area contributed by atoms with Crippen molar-refractivity contribution in [2.75, 3.05) is 37.6 Å². The van der Waals surface area contributed by atoms with Crippen molar-refractivity contribution in [1.82, 2.24) is 4.90 Å². The third-order valence-electron chi connectivity index (χ3n) is 6.91. The SMILES string of the molecule is CC1(C)CC(c2cc(F)ccc2N2CCN(CC3CC3)CC2)CC(C)(C)C1.Cl. The van der Waals surface area contributed by atoms with Crippen molar-refractivity contribution in [1.29, 1.82) is 0 Å². The summed E-state index contributed by atoms with van der Waals surface area (Å²) in [5.74, 6) is 1.34. The first-order chi connectivity index (χ1) is 12.7. The van der Waals surface area contributed by atoms with Crippen LogP contribution in [0, 0.1) is 22.6 Å². The molecular formula is C24H38ClFN2. The van der Waals surface area contributed by atoms with Crippen LogP contribution in [-0.4, -0.2) is 37.6 Å². The minimum atomic E-state index is -0.0812. The molecule has 0 bridgehead atoms. The predicted octanol–water partition coefficient (Wildman–Crippen LogP) is 6.10. The van der Waals surface area contributed by atoms with Gasteiger partial charge in [-0.25, -0.2) is 4.39 Å². The zero-order valence-corrected chi connectivity index (χ0v) is 19.0. The molecule has 1 aliphatic heterocycles.